The van der Waals surface area contributed by atoms with Crippen molar-refractivity contribution in [1.29, 1.82) is 0 Å². The van der Waals surface area contributed by atoms with Crippen molar-refractivity contribution >= 4 is 38.3 Å². The fourth-order valence-electron chi connectivity index (χ4n) is 4.48. The summed E-state index contributed by atoms with van der Waals surface area (Å²) in [7, 11) is 0.0572. The molecule has 13 heteroatoms. The lowest BCUT2D eigenvalue weighted by Gasteiger charge is -2.16. The maximum atomic E-state index is 13.7. The van der Waals surface area contributed by atoms with Crippen LogP contribution in [0.5, 0.6) is 17.2 Å². The van der Waals surface area contributed by atoms with Crippen molar-refractivity contribution in [2.24, 2.45) is 0 Å². The molecule has 6 rings (SSSR count). The molecule has 0 saturated heterocycles. The smallest absolute Gasteiger partial charge is 0.270 e. The molecule has 5 aromatic rings. The molecular weight excluding hydrogens is 536 g/mol. The van der Waals surface area contributed by atoms with Gasteiger partial charge in [-0.25, -0.2) is 8.42 Å². The maximum absolute atomic E-state index is 13.7. The first-order chi connectivity index (χ1) is 19.4. The third-order valence-electron chi connectivity index (χ3n) is 6.64. The largest absolute Gasteiger partial charge is 0.495 e. The monoisotopic (exact) mass is 562 g/mol. The van der Waals surface area contributed by atoms with Crippen LogP contribution in [0.15, 0.2) is 64.3 Å². The minimum atomic E-state index is -4.24. The fourth-order valence-corrected chi connectivity index (χ4v) is 5.80. The standard InChI is InChI=1S/C27H26N6O6S/c1-36-22-12-18-21(13-20(22)29-25-14-19(30-31-25)16-4-5-16)39-32-27(18)33-40(34,35)26-23(37-2)10-17(11-24(26)38-3)15-6-8-28-9-7-15/h6-14,16H,4-5H2,1-3H3,(H,32,33)(H2,29,30,31). The van der Waals surface area contributed by atoms with Crippen molar-refractivity contribution in [3.8, 4) is 28.4 Å². The molecule has 0 atom stereocenters. The Bertz CT molecular complexity index is 1770. The number of rotatable bonds is 10. The van der Waals surface area contributed by atoms with Gasteiger partial charge in [0.2, 0.25) is 0 Å². The lowest BCUT2D eigenvalue weighted by Crippen LogP contribution is -2.16. The van der Waals surface area contributed by atoms with Crippen LogP contribution in [0.25, 0.3) is 22.1 Å². The molecule has 1 aliphatic carbocycles. The van der Waals surface area contributed by atoms with E-state index in [9.17, 15) is 8.42 Å². The van der Waals surface area contributed by atoms with Gasteiger partial charge in [0.1, 0.15) is 17.2 Å². The molecule has 3 aromatic heterocycles. The molecule has 1 fully saturated rings. The van der Waals surface area contributed by atoms with E-state index in [1.807, 2.05) is 6.07 Å². The second kappa shape index (κ2) is 10.1. The lowest BCUT2D eigenvalue weighted by atomic mass is 10.1. The summed E-state index contributed by atoms with van der Waals surface area (Å²) in [6.45, 7) is 0. The fraction of sp³-hybridized carbons (Fsp3) is 0.222. The van der Waals surface area contributed by atoms with E-state index in [0.717, 1.165) is 24.1 Å². The summed E-state index contributed by atoms with van der Waals surface area (Å²) in [5.41, 5.74) is 3.53. The van der Waals surface area contributed by atoms with Gasteiger partial charge in [-0.2, -0.15) is 5.10 Å². The zero-order chi connectivity index (χ0) is 27.9. The Hall–Kier alpha value is -4.78. The molecule has 3 N–H and O–H groups in total. The van der Waals surface area contributed by atoms with Crippen LogP contribution < -0.4 is 24.2 Å². The molecule has 206 valence electrons. The van der Waals surface area contributed by atoms with Gasteiger partial charge in [-0.1, -0.05) is 5.16 Å². The Morgan fingerprint density at radius 3 is 2.27 bits per heavy atom. The maximum Gasteiger partial charge on any atom is 0.270 e. The third-order valence-corrected chi connectivity index (χ3v) is 8.05. The zero-order valence-corrected chi connectivity index (χ0v) is 22.7. The first kappa shape index (κ1) is 25.5. The van der Waals surface area contributed by atoms with Crippen LogP contribution in [0.4, 0.5) is 17.3 Å². The Morgan fingerprint density at radius 2 is 1.62 bits per heavy atom. The molecule has 0 radical (unpaired) electrons. The van der Waals surface area contributed by atoms with Crippen LogP contribution in [0.1, 0.15) is 24.5 Å². The number of fused-ring (bicyclic) bond motifs is 1. The van der Waals surface area contributed by atoms with Gasteiger partial charge in [0.05, 0.1) is 32.4 Å². The predicted molar refractivity (Wildman–Crippen MR) is 148 cm³/mol. The molecular formula is C27H26N6O6S. The summed E-state index contributed by atoms with van der Waals surface area (Å²) >= 11 is 0. The summed E-state index contributed by atoms with van der Waals surface area (Å²) in [4.78, 5) is 3.85. The molecule has 0 spiro atoms. The number of anilines is 3. The number of methoxy groups -OCH3 is 3. The van der Waals surface area contributed by atoms with Crippen molar-refractivity contribution in [2.45, 2.75) is 23.7 Å². The average molecular weight is 563 g/mol. The highest BCUT2D eigenvalue weighted by Gasteiger charge is 2.29. The summed E-state index contributed by atoms with van der Waals surface area (Å²) in [5.74, 6) is 1.79. The van der Waals surface area contributed by atoms with Crippen LogP contribution in [-0.2, 0) is 10.0 Å². The van der Waals surface area contributed by atoms with Gasteiger partial charge in [-0.15, -0.1) is 0 Å². The molecule has 40 heavy (non-hydrogen) atoms. The Morgan fingerprint density at radius 1 is 0.925 bits per heavy atom. The zero-order valence-electron chi connectivity index (χ0n) is 21.9. The number of aromatic amines is 1. The Labute approximate surface area is 229 Å². The highest BCUT2D eigenvalue weighted by Crippen LogP contribution is 2.42. The molecule has 3 heterocycles. The van der Waals surface area contributed by atoms with Gasteiger partial charge in [0, 0.05) is 36.1 Å². The van der Waals surface area contributed by atoms with Crippen molar-refractivity contribution in [2.75, 3.05) is 31.4 Å². The van der Waals surface area contributed by atoms with Gasteiger partial charge in [0.15, 0.2) is 22.1 Å². The van der Waals surface area contributed by atoms with E-state index in [0.29, 0.717) is 39.7 Å². The molecule has 2 aromatic carbocycles. The van der Waals surface area contributed by atoms with Gasteiger partial charge in [-0.3, -0.25) is 14.8 Å². The highest BCUT2D eigenvalue weighted by atomic mass is 32.2. The number of aromatic nitrogens is 4. The van der Waals surface area contributed by atoms with E-state index < -0.39 is 10.0 Å². The third kappa shape index (κ3) is 4.75. The lowest BCUT2D eigenvalue weighted by molar-refractivity contribution is 0.374. The molecule has 1 aliphatic rings. The van der Waals surface area contributed by atoms with E-state index in [-0.39, 0.29) is 22.2 Å². The van der Waals surface area contributed by atoms with E-state index in [2.05, 4.69) is 30.4 Å². The number of H-pyrrole nitrogens is 1. The van der Waals surface area contributed by atoms with E-state index in [4.69, 9.17) is 18.7 Å². The first-order valence-electron chi connectivity index (χ1n) is 12.4. The average Bonchev–Trinajstić information content (AvgIpc) is 3.61. The Balaban J connectivity index is 1.34. The molecule has 12 nitrogen and oxygen atoms in total. The van der Waals surface area contributed by atoms with Crippen LogP contribution in [0.2, 0.25) is 0 Å². The normalized spacial score (nSPS) is 13.3. The second-order valence-electron chi connectivity index (χ2n) is 9.24. The SMILES string of the molecule is COc1cc2c(NS(=O)(=O)c3c(OC)cc(-c4ccncc4)cc3OC)noc2cc1Nc1cc(C2CC2)[nH]n1. The van der Waals surface area contributed by atoms with E-state index in [1.165, 1.54) is 21.3 Å². The van der Waals surface area contributed by atoms with E-state index >= 15 is 0 Å². The van der Waals surface area contributed by atoms with Crippen LogP contribution in [0, 0.1) is 0 Å². The number of nitrogens with one attached hydrogen (secondary N) is 3. The van der Waals surface area contributed by atoms with Gasteiger partial charge >= 0.3 is 0 Å². The molecule has 0 aliphatic heterocycles. The van der Waals surface area contributed by atoms with Crippen molar-refractivity contribution < 1.29 is 27.2 Å². The summed E-state index contributed by atoms with van der Waals surface area (Å²) < 4.78 is 51.8. The number of ether oxygens (including phenoxy) is 3. The number of hydrogen-bond donors (Lipinski definition) is 3. The number of nitrogens with zero attached hydrogens (tertiary/aromatic N) is 3. The van der Waals surface area contributed by atoms with E-state index in [1.54, 1.807) is 48.8 Å². The quantitative estimate of drug-likeness (QED) is 0.210. The molecule has 0 unspecified atom stereocenters. The van der Waals surface area contributed by atoms with Crippen LogP contribution in [0.3, 0.4) is 0 Å². The highest BCUT2D eigenvalue weighted by molar-refractivity contribution is 7.93. The minimum Gasteiger partial charge on any atom is -0.495 e. The Kier molecular flexibility index (Phi) is 6.42. The number of benzene rings is 2. The second-order valence-corrected chi connectivity index (χ2v) is 10.9. The minimum absolute atomic E-state index is 0.0158. The van der Waals surface area contributed by atoms with Gasteiger partial charge in [0.25, 0.3) is 10.0 Å². The summed E-state index contributed by atoms with van der Waals surface area (Å²) in [6, 6.07) is 12.1. The van der Waals surface area contributed by atoms with Crippen molar-refractivity contribution in [3.05, 3.63) is 60.6 Å². The van der Waals surface area contributed by atoms with Crippen molar-refractivity contribution in [1.82, 2.24) is 20.3 Å². The number of pyridine rings is 1. The summed E-state index contributed by atoms with van der Waals surface area (Å²) in [6.07, 6.45) is 5.60. The van der Waals surface area contributed by atoms with Crippen molar-refractivity contribution in [3.63, 3.8) is 0 Å². The van der Waals surface area contributed by atoms with Crippen LogP contribution in [-0.4, -0.2) is 50.1 Å². The number of hydrogen-bond acceptors (Lipinski definition) is 10. The first-order valence-corrected chi connectivity index (χ1v) is 13.9. The topological polar surface area (TPSA) is 153 Å². The molecule has 0 amide bonds. The van der Waals surface area contributed by atoms with Gasteiger partial charge < -0.3 is 24.1 Å². The summed E-state index contributed by atoms with van der Waals surface area (Å²) in [5, 5.41) is 15.0. The molecule has 0 bridgehead atoms. The van der Waals surface area contributed by atoms with Gasteiger partial charge in [-0.05, 0) is 54.3 Å². The van der Waals surface area contributed by atoms with Crippen LogP contribution >= 0.6 is 0 Å². The molecule has 1 saturated carbocycles. The predicted octanol–water partition coefficient (Wildman–Crippen LogP) is 5.06. The number of sulfonamides is 1.